The Morgan fingerprint density at radius 2 is 1.66 bits per heavy atom. The summed E-state index contributed by atoms with van der Waals surface area (Å²) in [6.45, 7) is 6.90. The van der Waals surface area contributed by atoms with Crippen LogP contribution in [0.5, 0.6) is 5.75 Å². The maximum atomic E-state index is 17.0. The van der Waals surface area contributed by atoms with Crippen molar-refractivity contribution >= 4 is 63.8 Å². The molecule has 19 heteroatoms. The van der Waals surface area contributed by atoms with Crippen molar-refractivity contribution < 1.29 is 41.9 Å². The van der Waals surface area contributed by atoms with Gasteiger partial charge in [0.05, 0.1) is 17.2 Å². The van der Waals surface area contributed by atoms with Crippen molar-refractivity contribution in [1.82, 2.24) is 34.9 Å². The molecule has 3 saturated heterocycles. The van der Waals surface area contributed by atoms with Crippen LogP contribution in [-0.2, 0) is 25.7 Å². The minimum absolute atomic E-state index is 0.0431. The van der Waals surface area contributed by atoms with Crippen molar-refractivity contribution in [3.63, 3.8) is 0 Å². The number of anilines is 2. The highest BCUT2D eigenvalue weighted by Crippen LogP contribution is 2.44. The molecule has 0 radical (unpaired) electrons. The number of hydrogen-bond donors (Lipinski definition) is 2. The zero-order chi connectivity index (χ0) is 49.6. The predicted octanol–water partition coefficient (Wildman–Crippen LogP) is 7.29. The smallest absolute Gasteiger partial charge is 0.255 e. The maximum absolute atomic E-state index is 17.0. The molecule has 1 unspecified atom stereocenters. The number of hydrogen-bond acceptors (Lipinski definition) is 11. The lowest BCUT2D eigenvalue weighted by atomic mass is 9.85. The van der Waals surface area contributed by atoms with Crippen molar-refractivity contribution in [2.75, 3.05) is 83.3 Å². The number of piperazine rings is 1. The lowest BCUT2D eigenvalue weighted by Gasteiger charge is -2.36. The molecule has 4 aromatic rings. The fourth-order valence-corrected chi connectivity index (χ4v) is 10.4. The molecule has 1 atom stereocenters. The van der Waals surface area contributed by atoms with Crippen LogP contribution in [0.25, 0.3) is 22.0 Å². The van der Waals surface area contributed by atoms with Gasteiger partial charge in [-0.1, -0.05) is 43.9 Å². The first-order chi connectivity index (χ1) is 33.7. The number of ether oxygens (including phenoxy) is 1. The molecule has 0 saturated carbocycles. The van der Waals surface area contributed by atoms with E-state index in [1.807, 2.05) is 11.8 Å². The van der Waals surface area contributed by atoms with Gasteiger partial charge in [0.2, 0.25) is 29.6 Å². The number of nitrogens with zero attached hydrogens (tertiary/aromatic N) is 7. The van der Waals surface area contributed by atoms with Gasteiger partial charge in [-0.05, 0) is 99.1 Å². The molecule has 1 aromatic heterocycles. The summed E-state index contributed by atoms with van der Waals surface area (Å²) in [5, 5.41) is 5.67. The summed E-state index contributed by atoms with van der Waals surface area (Å²) < 4.78 is 53.9. The molecule has 3 fully saturated rings. The van der Waals surface area contributed by atoms with Crippen LogP contribution in [0.15, 0.2) is 36.4 Å². The molecule has 4 aliphatic rings. The topological polar surface area (TPSA) is 161 Å². The lowest BCUT2D eigenvalue weighted by molar-refractivity contribution is -0.137. The number of fused-ring (bicyclic) bond motifs is 2. The first-order valence-electron chi connectivity index (χ1n) is 24.5. The molecule has 15 nitrogen and oxygen atoms in total. The van der Waals surface area contributed by atoms with Crippen molar-refractivity contribution in [3.05, 3.63) is 75.6 Å². The predicted molar refractivity (Wildman–Crippen MR) is 260 cm³/mol. The monoisotopic (exact) mass is 987 g/mol. The lowest BCUT2D eigenvalue weighted by Crippen LogP contribution is -2.52. The summed E-state index contributed by atoms with van der Waals surface area (Å²) >= 11 is 6.86. The SMILES string of the molecule is CCC(=O)N1CCN(c2nc(NCCC(=O)N(C)C)nc3c(F)c(-c4c(F)cccc4OCCCCCCCN4CCC(c5cc(F)cc6c5CN(C5CCC(=O)NC5=O)C6=O)CC4)c(Cl)cc23)CC1. The second kappa shape index (κ2) is 22.4. The van der Waals surface area contributed by atoms with Crippen LogP contribution in [0.4, 0.5) is 24.9 Å². The first kappa shape index (κ1) is 50.4. The highest BCUT2D eigenvalue weighted by molar-refractivity contribution is 6.34. The largest absolute Gasteiger partial charge is 0.493 e. The third kappa shape index (κ3) is 11.1. The van der Waals surface area contributed by atoms with Crippen molar-refractivity contribution in [2.24, 2.45) is 0 Å². The number of carbonyl (C=O) groups is 5. The Bertz CT molecular complexity index is 2640. The summed E-state index contributed by atoms with van der Waals surface area (Å²) in [5.41, 5.74) is 1.54. The minimum atomic E-state index is -0.843. The fourth-order valence-electron chi connectivity index (χ4n) is 10.1. The zero-order valence-electron chi connectivity index (χ0n) is 40.1. The molecule has 374 valence electrons. The molecule has 8 rings (SSSR count). The van der Waals surface area contributed by atoms with Crippen LogP contribution in [0, 0.1) is 17.5 Å². The van der Waals surface area contributed by atoms with Gasteiger partial charge in [0.1, 0.15) is 34.8 Å². The van der Waals surface area contributed by atoms with E-state index in [1.165, 1.54) is 28.0 Å². The molecule has 5 amide bonds. The number of likely N-dealkylation sites (tertiary alicyclic amines) is 1. The van der Waals surface area contributed by atoms with Crippen LogP contribution in [-0.4, -0.2) is 138 Å². The van der Waals surface area contributed by atoms with Crippen LogP contribution < -0.4 is 20.3 Å². The van der Waals surface area contributed by atoms with Gasteiger partial charge < -0.3 is 34.6 Å². The molecule has 2 N–H and O–H groups in total. The number of imide groups is 1. The number of piperidine rings is 2. The number of unbranched alkanes of at least 4 members (excludes halogenated alkanes) is 4. The van der Waals surface area contributed by atoms with Gasteiger partial charge in [-0.25, -0.2) is 18.2 Å². The molecule has 4 aliphatic heterocycles. The highest BCUT2D eigenvalue weighted by atomic mass is 35.5. The van der Waals surface area contributed by atoms with Gasteiger partial charge >= 0.3 is 0 Å². The van der Waals surface area contributed by atoms with Gasteiger partial charge in [0.15, 0.2) is 5.82 Å². The third-order valence-electron chi connectivity index (χ3n) is 14.0. The summed E-state index contributed by atoms with van der Waals surface area (Å²) in [4.78, 5) is 80.7. The number of aromatic nitrogens is 2. The van der Waals surface area contributed by atoms with Crippen molar-refractivity contribution in [1.29, 1.82) is 0 Å². The van der Waals surface area contributed by atoms with E-state index in [2.05, 4.69) is 20.5 Å². The number of rotatable bonds is 18. The van der Waals surface area contributed by atoms with E-state index in [-0.39, 0.29) is 102 Å². The van der Waals surface area contributed by atoms with E-state index in [1.54, 1.807) is 37.2 Å². The summed E-state index contributed by atoms with van der Waals surface area (Å²) in [6, 6.07) is 7.93. The minimum Gasteiger partial charge on any atom is -0.493 e. The van der Waals surface area contributed by atoms with Crippen molar-refractivity contribution in [3.8, 4) is 16.9 Å². The summed E-state index contributed by atoms with van der Waals surface area (Å²) in [5.74, 6) is -2.56. The summed E-state index contributed by atoms with van der Waals surface area (Å²) in [6.07, 6.45) is 7.11. The van der Waals surface area contributed by atoms with Crippen LogP contribution >= 0.6 is 11.6 Å². The van der Waals surface area contributed by atoms with E-state index in [0.717, 1.165) is 69.3 Å². The molecule has 70 heavy (non-hydrogen) atoms. The Hall–Kier alpha value is -6.01. The number of carbonyl (C=O) groups excluding carboxylic acids is 5. The highest BCUT2D eigenvalue weighted by Gasteiger charge is 2.41. The number of benzene rings is 3. The van der Waals surface area contributed by atoms with Gasteiger partial charge in [-0.3, -0.25) is 29.3 Å². The fraction of sp³-hybridized carbons (Fsp3) is 0.510. The molecular formula is C51H61ClF3N9O6. The van der Waals surface area contributed by atoms with Crippen LogP contribution in [0.1, 0.15) is 105 Å². The normalized spacial score (nSPS) is 17.8. The van der Waals surface area contributed by atoms with E-state index >= 15 is 8.78 Å². The van der Waals surface area contributed by atoms with Gasteiger partial charge in [-0.15, -0.1) is 0 Å². The molecular weight excluding hydrogens is 927 g/mol. The van der Waals surface area contributed by atoms with Gasteiger partial charge in [-0.2, -0.15) is 4.98 Å². The zero-order valence-corrected chi connectivity index (χ0v) is 40.8. The molecule has 5 heterocycles. The molecule has 3 aromatic carbocycles. The Labute approximate surface area is 411 Å². The molecule has 0 aliphatic carbocycles. The van der Waals surface area contributed by atoms with E-state index in [0.29, 0.717) is 55.8 Å². The number of nitrogens with one attached hydrogen (secondary N) is 2. The Balaban J connectivity index is 0.847. The molecule has 0 bridgehead atoms. The van der Waals surface area contributed by atoms with E-state index < -0.39 is 29.4 Å². The average Bonchev–Trinajstić information content (AvgIpc) is 3.67. The van der Waals surface area contributed by atoms with Crippen LogP contribution in [0.2, 0.25) is 5.02 Å². The molecule has 0 spiro atoms. The van der Waals surface area contributed by atoms with Crippen LogP contribution in [0.3, 0.4) is 0 Å². The van der Waals surface area contributed by atoms with Gasteiger partial charge in [0, 0.05) is 89.1 Å². The first-order valence-corrected chi connectivity index (χ1v) is 24.9. The van der Waals surface area contributed by atoms with Crippen molar-refractivity contribution in [2.45, 2.75) is 96.1 Å². The van der Waals surface area contributed by atoms with Gasteiger partial charge in [0.25, 0.3) is 5.91 Å². The van der Waals surface area contributed by atoms with E-state index in [4.69, 9.17) is 21.3 Å². The van der Waals surface area contributed by atoms with E-state index in [9.17, 15) is 28.4 Å². The Kier molecular flexibility index (Phi) is 16.1. The third-order valence-corrected chi connectivity index (χ3v) is 14.3. The average molecular weight is 989 g/mol. The summed E-state index contributed by atoms with van der Waals surface area (Å²) in [7, 11) is 3.32. The Morgan fingerprint density at radius 1 is 0.914 bits per heavy atom. The number of halogens is 4. The standard InChI is InChI=1S/C51H61ClF3N9O6/c1-4-42(66)62-22-24-63(25-23-62)48-35-29-37(52)44(46(55)47(35)58-51(59-48)56-18-15-43(67)60(2)3)45-38(54)11-10-12-40(45)70-26-9-7-5-6-8-19-61-20-16-31(17-21-61)33-27-32(53)28-34-36(33)30-64(50(34)69)39-13-14-41(65)57-49(39)68/h10-12,27-29,31,39H,4-9,13-26,30H2,1-3H3,(H,56,58,59)(H,57,65,68). The maximum Gasteiger partial charge on any atom is 0.255 e. The Morgan fingerprint density at radius 3 is 2.39 bits per heavy atom. The second-order valence-electron chi connectivity index (χ2n) is 18.8. The quantitative estimate of drug-likeness (QED) is 0.0762. The number of amides is 5. The second-order valence-corrected chi connectivity index (χ2v) is 19.2.